The molecule has 0 radical (unpaired) electrons. The molecule has 5 nitrogen and oxygen atoms in total. The molecule has 1 aliphatic rings. The van der Waals surface area contributed by atoms with Crippen molar-refractivity contribution in [3.63, 3.8) is 0 Å². The van der Waals surface area contributed by atoms with E-state index in [1.165, 1.54) is 6.33 Å². The monoisotopic (exact) mass is 256 g/mol. The van der Waals surface area contributed by atoms with E-state index in [0.29, 0.717) is 12.1 Å². The molecule has 5 heteroatoms. The van der Waals surface area contributed by atoms with Gasteiger partial charge in [-0.15, -0.1) is 0 Å². The minimum atomic E-state index is 0.0495. The number of rotatable bonds is 2. The quantitative estimate of drug-likeness (QED) is 0.876. The van der Waals surface area contributed by atoms with Crippen LogP contribution in [0.4, 0.5) is 0 Å². The summed E-state index contributed by atoms with van der Waals surface area (Å²) in [7, 11) is 0. The SMILES string of the molecule is NC[C@H]1CCCN1C(=O)c1ccc2cncnc2c1. The van der Waals surface area contributed by atoms with Crippen molar-refractivity contribution in [3.05, 3.63) is 36.3 Å². The predicted octanol–water partition coefficient (Wildman–Crippen LogP) is 1.19. The number of aromatic nitrogens is 2. The average Bonchev–Trinajstić information content (AvgIpc) is 2.94. The third kappa shape index (κ3) is 2.17. The van der Waals surface area contributed by atoms with Gasteiger partial charge in [0.1, 0.15) is 6.33 Å². The van der Waals surface area contributed by atoms with E-state index in [-0.39, 0.29) is 11.9 Å². The van der Waals surface area contributed by atoms with E-state index in [0.717, 1.165) is 30.3 Å². The van der Waals surface area contributed by atoms with Crippen LogP contribution < -0.4 is 5.73 Å². The standard InChI is InChI=1S/C14H16N4O/c15-7-12-2-1-5-18(12)14(19)10-3-4-11-8-16-9-17-13(11)6-10/h3-4,6,8-9,12H,1-2,5,7,15H2/t12-/m1/s1. The highest BCUT2D eigenvalue weighted by Crippen LogP contribution is 2.21. The molecule has 2 heterocycles. The van der Waals surface area contributed by atoms with Crippen LogP contribution in [-0.2, 0) is 0 Å². The molecule has 3 rings (SSSR count). The van der Waals surface area contributed by atoms with Gasteiger partial charge in [0.25, 0.3) is 5.91 Å². The summed E-state index contributed by atoms with van der Waals surface area (Å²) in [5.74, 6) is 0.0495. The first-order valence-corrected chi connectivity index (χ1v) is 6.50. The third-order valence-electron chi connectivity index (χ3n) is 3.66. The Morgan fingerprint density at radius 1 is 1.47 bits per heavy atom. The molecule has 1 amide bonds. The van der Waals surface area contributed by atoms with E-state index in [9.17, 15) is 4.79 Å². The van der Waals surface area contributed by atoms with Gasteiger partial charge in [0, 0.05) is 36.3 Å². The highest BCUT2D eigenvalue weighted by Gasteiger charge is 2.28. The van der Waals surface area contributed by atoms with Gasteiger partial charge in [-0.05, 0) is 25.0 Å². The van der Waals surface area contributed by atoms with Gasteiger partial charge in [0.2, 0.25) is 0 Å². The van der Waals surface area contributed by atoms with E-state index < -0.39 is 0 Å². The van der Waals surface area contributed by atoms with Crippen molar-refractivity contribution in [1.29, 1.82) is 0 Å². The Morgan fingerprint density at radius 3 is 3.21 bits per heavy atom. The molecule has 0 saturated carbocycles. The molecule has 1 saturated heterocycles. The van der Waals surface area contributed by atoms with Crippen molar-refractivity contribution in [1.82, 2.24) is 14.9 Å². The lowest BCUT2D eigenvalue weighted by Crippen LogP contribution is -2.39. The lowest BCUT2D eigenvalue weighted by Gasteiger charge is -2.23. The summed E-state index contributed by atoms with van der Waals surface area (Å²) in [6, 6.07) is 5.72. The van der Waals surface area contributed by atoms with Crippen LogP contribution in [0.15, 0.2) is 30.7 Å². The molecule has 1 aliphatic heterocycles. The van der Waals surface area contributed by atoms with Crippen molar-refractivity contribution in [3.8, 4) is 0 Å². The number of likely N-dealkylation sites (tertiary alicyclic amines) is 1. The van der Waals surface area contributed by atoms with Crippen LogP contribution in [0.25, 0.3) is 10.9 Å². The smallest absolute Gasteiger partial charge is 0.254 e. The Bertz CT molecular complexity index is 613. The van der Waals surface area contributed by atoms with Gasteiger partial charge in [0.05, 0.1) is 5.52 Å². The van der Waals surface area contributed by atoms with E-state index in [1.54, 1.807) is 6.20 Å². The fourth-order valence-corrected chi connectivity index (χ4v) is 2.62. The number of hydrogen-bond donors (Lipinski definition) is 1. The van der Waals surface area contributed by atoms with Gasteiger partial charge in [-0.25, -0.2) is 9.97 Å². The van der Waals surface area contributed by atoms with Crippen molar-refractivity contribution >= 4 is 16.8 Å². The molecule has 0 spiro atoms. The zero-order chi connectivity index (χ0) is 13.2. The molecule has 2 aromatic rings. The Balaban J connectivity index is 1.93. The van der Waals surface area contributed by atoms with Gasteiger partial charge >= 0.3 is 0 Å². The first-order valence-electron chi connectivity index (χ1n) is 6.50. The minimum Gasteiger partial charge on any atom is -0.334 e. The van der Waals surface area contributed by atoms with Gasteiger partial charge in [-0.1, -0.05) is 6.07 Å². The van der Waals surface area contributed by atoms with E-state index >= 15 is 0 Å². The number of nitrogens with two attached hydrogens (primary N) is 1. The van der Waals surface area contributed by atoms with Crippen LogP contribution in [0.2, 0.25) is 0 Å². The zero-order valence-electron chi connectivity index (χ0n) is 10.6. The number of hydrogen-bond acceptors (Lipinski definition) is 4. The topological polar surface area (TPSA) is 72.1 Å². The summed E-state index contributed by atoms with van der Waals surface area (Å²) < 4.78 is 0. The van der Waals surface area contributed by atoms with E-state index in [4.69, 9.17) is 5.73 Å². The van der Waals surface area contributed by atoms with Gasteiger partial charge in [-0.3, -0.25) is 4.79 Å². The molecule has 0 unspecified atom stereocenters. The van der Waals surface area contributed by atoms with E-state index in [1.807, 2.05) is 23.1 Å². The molecule has 0 bridgehead atoms. The molecule has 2 N–H and O–H groups in total. The molecule has 1 aromatic heterocycles. The number of carbonyl (C=O) groups excluding carboxylic acids is 1. The highest BCUT2D eigenvalue weighted by atomic mass is 16.2. The largest absolute Gasteiger partial charge is 0.334 e. The second kappa shape index (κ2) is 4.93. The van der Waals surface area contributed by atoms with Crippen LogP contribution in [0.3, 0.4) is 0 Å². The molecule has 1 atom stereocenters. The van der Waals surface area contributed by atoms with E-state index in [2.05, 4.69) is 9.97 Å². The van der Waals surface area contributed by atoms with Crippen LogP contribution in [0, 0.1) is 0 Å². The fourth-order valence-electron chi connectivity index (χ4n) is 2.62. The molecule has 1 aromatic carbocycles. The molecule has 19 heavy (non-hydrogen) atoms. The fraction of sp³-hybridized carbons (Fsp3) is 0.357. The van der Waals surface area contributed by atoms with Crippen LogP contribution in [0.1, 0.15) is 23.2 Å². The minimum absolute atomic E-state index is 0.0495. The number of carbonyl (C=O) groups is 1. The Kier molecular flexibility index (Phi) is 3.13. The summed E-state index contributed by atoms with van der Waals surface area (Å²) in [6.45, 7) is 1.32. The first kappa shape index (κ1) is 12.0. The van der Waals surface area contributed by atoms with Gasteiger partial charge in [-0.2, -0.15) is 0 Å². The molecule has 1 fully saturated rings. The average molecular weight is 256 g/mol. The molecular formula is C14H16N4O. The Morgan fingerprint density at radius 2 is 2.37 bits per heavy atom. The second-order valence-electron chi connectivity index (χ2n) is 4.83. The predicted molar refractivity (Wildman–Crippen MR) is 72.7 cm³/mol. The van der Waals surface area contributed by atoms with Crippen molar-refractivity contribution in [2.45, 2.75) is 18.9 Å². The Hall–Kier alpha value is -2.01. The Labute approximate surface area is 111 Å². The number of nitrogens with zero attached hydrogens (tertiary/aromatic N) is 3. The van der Waals surface area contributed by atoms with Gasteiger partial charge < -0.3 is 10.6 Å². The zero-order valence-corrected chi connectivity index (χ0v) is 10.6. The number of fused-ring (bicyclic) bond motifs is 1. The highest BCUT2D eigenvalue weighted by molar-refractivity contribution is 5.98. The molecular weight excluding hydrogens is 240 g/mol. The number of amides is 1. The lowest BCUT2D eigenvalue weighted by atomic mass is 10.1. The molecule has 98 valence electrons. The maximum Gasteiger partial charge on any atom is 0.254 e. The van der Waals surface area contributed by atoms with Crippen molar-refractivity contribution in [2.24, 2.45) is 5.73 Å². The lowest BCUT2D eigenvalue weighted by molar-refractivity contribution is 0.0741. The maximum atomic E-state index is 12.5. The summed E-state index contributed by atoms with van der Waals surface area (Å²) >= 11 is 0. The normalized spacial score (nSPS) is 19.0. The summed E-state index contributed by atoms with van der Waals surface area (Å²) in [6.07, 6.45) is 5.27. The number of benzene rings is 1. The summed E-state index contributed by atoms with van der Waals surface area (Å²) in [5.41, 5.74) is 7.18. The van der Waals surface area contributed by atoms with Crippen LogP contribution in [0.5, 0.6) is 0 Å². The summed E-state index contributed by atoms with van der Waals surface area (Å²) in [5, 5.41) is 0.941. The molecule has 0 aliphatic carbocycles. The maximum absolute atomic E-state index is 12.5. The third-order valence-corrected chi connectivity index (χ3v) is 3.66. The summed E-state index contributed by atoms with van der Waals surface area (Å²) in [4.78, 5) is 22.5. The van der Waals surface area contributed by atoms with Crippen LogP contribution in [-0.4, -0.2) is 39.9 Å². The van der Waals surface area contributed by atoms with Crippen molar-refractivity contribution in [2.75, 3.05) is 13.1 Å². The second-order valence-corrected chi connectivity index (χ2v) is 4.83. The van der Waals surface area contributed by atoms with Gasteiger partial charge in [0.15, 0.2) is 0 Å². The first-order chi connectivity index (χ1) is 9.29. The van der Waals surface area contributed by atoms with Crippen LogP contribution >= 0.6 is 0 Å². The van der Waals surface area contributed by atoms with Crippen molar-refractivity contribution < 1.29 is 4.79 Å².